The van der Waals surface area contributed by atoms with Crippen molar-refractivity contribution in [3.63, 3.8) is 0 Å². The van der Waals surface area contributed by atoms with Crippen molar-refractivity contribution < 1.29 is 14.3 Å². The van der Waals surface area contributed by atoms with Gasteiger partial charge in [0.2, 0.25) is 0 Å². The number of para-hydroxylation sites is 1. The van der Waals surface area contributed by atoms with E-state index in [2.05, 4.69) is 20.3 Å². The van der Waals surface area contributed by atoms with E-state index in [1.54, 1.807) is 36.5 Å². The third kappa shape index (κ3) is 4.62. The second kappa shape index (κ2) is 8.55. The predicted molar refractivity (Wildman–Crippen MR) is 122 cm³/mol. The Labute approximate surface area is 185 Å². The van der Waals surface area contributed by atoms with E-state index in [-0.39, 0.29) is 5.91 Å². The molecule has 4 rings (SSSR count). The lowest BCUT2D eigenvalue weighted by Gasteiger charge is -2.20. The highest BCUT2D eigenvalue weighted by Gasteiger charge is 2.21. The van der Waals surface area contributed by atoms with Crippen molar-refractivity contribution >= 4 is 28.6 Å². The van der Waals surface area contributed by atoms with Crippen LogP contribution in [0.3, 0.4) is 0 Å². The third-order valence-corrected chi connectivity index (χ3v) is 4.62. The first kappa shape index (κ1) is 21.1. The standard InChI is InChI=1S/C25H22N4O3/c1-25(2,3)32-24(31)19-10-5-4-9-17(19)21-14-22(28-15-27-21)29-23(30)18-12-13-26-20-11-7-6-8-16(18)20/h4-15H,1-3H3,(H,27,28,29,30). The predicted octanol–water partition coefficient (Wildman–Crippen LogP) is 4.90. The van der Waals surface area contributed by atoms with Crippen molar-refractivity contribution in [1.82, 2.24) is 15.0 Å². The summed E-state index contributed by atoms with van der Waals surface area (Å²) in [6.45, 7) is 5.44. The molecule has 2 aromatic carbocycles. The molecule has 0 saturated heterocycles. The molecule has 160 valence electrons. The van der Waals surface area contributed by atoms with Gasteiger partial charge in [0, 0.05) is 23.2 Å². The van der Waals surface area contributed by atoms with E-state index in [1.807, 2.05) is 51.1 Å². The van der Waals surface area contributed by atoms with Crippen molar-refractivity contribution in [2.24, 2.45) is 0 Å². The second-order valence-electron chi connectivity index (χ2n) is 8.17. The number of amides is 1. The number of fused-ring (bicyclic) bond motifs is 1. The molecule has 0 spiro atoms. The van der Waals surface area contributed by atoms with Gasteiger partial charge in [-0.05, 0) is 39.0 Å². The van der Waals surface area contributed by atoms with Crippen molar-refractivity contribution in [3.8, 4) is 11.3 Å². The van der Waals surface area contributed by atoms with Crippen LogP contribution in [0.4, 0.5) is 5.82 Å². The highest BCUT2D eigenvalue weighted by atomic mass is 16.6. The molecule has 2 heterocycles. The van der Waals surface area contributed by atoms with Crippen molar-refractivity contribution in [2.75, 3.05) is 5.32 Å². The second-order valence-corrected chi connectivity index (χ2v) is 8.17. The Morgan fingerprint density at radius 3 is 2.44 bits per heavy atom. The van der Waals surface area contributed by atoms with Gasteiger partial charge in [0.15, 0.2) is 0 Å². The van der Waals surface area contributed by atoms with Gasteiger partial charge in [0.05, 0.1) is 22.3 Å². The number of hydrogen-bond donors (Lipinski definition) is 1. The Morgan fingerprint density at radius 2 is 1.62 bits per heavy atom. The Kier molecular flexibility index (Phi) is 5.64. The van der Waals surface area contributed by atoms with E-state index in [9.17, 15) is 9.59 Å². The SMILES string of the molecule is CC(C)(C)OC(=O)c1ccccc1-c1cc(NC(=O)c2ccnc3ccccc23)ncn1. The summed E-state index contributed by atoms with van der Waals surface area (Å²) in [5.74, 6) is -0.436. The minimum absolute atomic E-state index is 0.311. The van der Waals surface area contributed by atoms with E-state index in [0.717, 1.165) is 10.9 Å². The summed E-state index contributed by atoms with van der Waals surface area (Å²) in [5, 5.41) is 3.56. The van der Waals surface area contributed by atoms with Crippen LogP contribution in [0.2, 0.25) is 0 Å². The van der Waals surface area contributed by atoms with Gasteiger partial charge in [-0.2, -0.15) is 0 Å². The molecule has 4 aromatic rings. The van der Waals surface area contributed by atoms with Gasteiger partial charge in [-0.3, -0.25) is 9.78 Å². The van der Waals surface area contributed by atoms with E-state index >= 15 is 0 Å². The fraction of sp³-hybridized carbons (Fsp3) is 0.160. The lowest BCUT2D eigenvalue weighted by molar-refractivity contribution is 0.00703. The quantitative estimate of drug-likeness (QED) is 0.467. The topological polar surface area (TPSA) is 94.1 Å². The fourth-order valence-electron chi connectivity index (χ4n) is 3.27. The Morgan fingerprint density at radius 1 is 0.875 bits per heavy atom. The molecule has 0 radical (unpaired) electrons. The number of pyridine rings is 1. The molecule has 0 saturated carbocycles. The van der Waals surface area contributed by atoms with Gasteiger partial charge < -0.3 is 10.1 Å². The molecule has 7 nitrogen and oxygen atoms in total. The van der Waals surface area contributed by atoms with Gasteiger partial charge in [-0.25, -0.2) is 14.8 Å². The largest absolute Gasteiger partial charge is 0.456 e. The van der Waals surface area contributed by atoms with E-state index in [0.29, 0.717) is 28.2 Å². The smallest absolute Gasteiger partial charge is 0.339 e. The first-order chi connectivity index (χ1) is 15.3. The zero-order chi connectivity index (χ0) is 22.7. The van der Waals surface area contributed by atoms with Crippen LogP contribution in [-0.4, -0.2) is 32.4 Å². The number of hydrogen-bond acceptors (Lipinski definition) is 6. The highest BCUT2D eigenvalue weighted by molar-refractivity contribution is 6.12. The summed E-state index contributed by atoms with van der Waals surface area (Å²) in [7, 11) is 0. The zero-order valence-corrected chi connectivity index (χ0v) is 18.0. The number of rotatable bonds is 4. The molecular formula is C25H22N4O3. The van der Waals surface area contributed by atoms with Crippen LogP contribution in [0.15, 0.2) is 73.2 Å². The molecular weight excluding hydrogens is 404 g/mol. The monoisotopic (exact) mass is 426 g/mol. The molecule has 32 heavy (non-hydrogen) atoms. The summed E-state index contributed by atoms with van der Waals surface area (Å²) in [6, 6.07) is 17.8. The van der Waals surface area contributed by atoms with Crippen molar-refractivity contribution in [3.05, 3.63) is 84.3 Å². The first-order valence-corrected chi connectivity index (χ1v) is 10.1. The Bertz CT molecular complexity index is 1310. The molecule has 0 aliphatic rings. The normalized spacial score (nSPS) is 11.2. The Hall–Kier alpha value is -4.13. The third-order valence-electron chi connectivity index (χ3n) is 4.62. The molecule has 0 unspecified atom stereocenters. The molecule has 0 aliphatic carbocycles. The summed E-state index contributed by atoms with van der Waals surface area (Å²) in [6.07, 6.45) is 2.95. The van der Waals surface area contributed by atoms with Crippen molar-refractivity contribution in [1.29, 1.82) is 0 Å². The average molecular weight is 426 g/mol. The summed E-state index contributed by atoms with van der Waals surface area (Å²) in [4.78, 5) is 38.4. The van der Waals surface area contributed by atoms with Gasteiger partial charge >= 0.3 is 5.97 Å². The van der Waals surface area contributed by atoms with Gasteiger partial charge in [0.25, 0.3) is 5.91 Å². The molecule has 1 N–H and O–H groups in total. The number of anilines is 1. The van der Waals surface area contributed by atoms with E-state index in [4.69, 9.17) is 4.74 Å². The molecule has 0 aliphatic heterocycles. The van der Waals surface area contributed by atoms with Crippen LogP contribution in [0.1, 0.15) is 41.5 Å². The lowest BCUT2D eigenvalue weighted by atomic mass is 10.0. The maximum absolute atomic E-state index is 12.9. The number of aromatic nitrogens is 3. The maximum Gasteiger partial charge on any atom is 0.339 e. The number of ether oxygens (including phenoxy) is 1. The van der Waals surface area contributed by atoms with Crippen LogP contribution in [0.25, 0.3) is 22.2 Å². The maximum atomic E-state index is 12.9. The summed E-state index contributed by atoms with van der Waals surface area (Å²) in [5.41, 5.74) is 2.08. The molecule has 0 bridgehead atoms. The van der Waals surface area contributed by atoms with Gasteiger partial charge in [0.1, 0.15) is 17.7 Å². The molecule has 2 aromatic heterocycles. The highest BCUT2D eigenvalue weighted by Crippen LogP contribution is 2.26. The van der Waals surface area contributed by atoms with Crippen LogP contribution in [0, 0.1) is 0 Å². The summed E-state index contributed by atoms with van der Waals surface area (Å²) >= 11 is 0. The lowest BCUT2D eigenvalue weighted by Crippen LogP contribution is -2.24. The minimum atomic E-state index is -0.623. The molecule has 7 heteroatoms. The molecule has 1 amide bonds. The van der Waals surface area contributed by atoms with Crippen molar-refractivity contribution in [2.45, 2.75) is 26.4 Å². The van der Waals surface area contributed by atoms with Crippen LogP contribution in [0.5, 0.6) is 0 Å². The number of carbonyl (C=O) groups is 2. The fourth-order valence-corrected chi connectivity index (χ4v) is 3.27. The number of carbonyl (C=O) groups excluding carboxylic acids is 2. The number of benzene rings is 2. The van der Waals surface area contributed by atoms with E-state index < -0.39 is 11.6 Å². The Balaban J connectivity index is 1.64. The van der Waals surface area contributed by atoms with Crippen LogP contribution in [-0.2, 0) is 4.74 Å². The van der Waals surface area contributed by atoms with Gasteiger partial charge in [-0.1, -0.05) is 36.4 Å². The zero-order valence-electron chi connectivity index (χ0n) is 18.0. The molecule has 0 atom stereocenters. The number of nitrogens with zero attached hydrogens (tertiary/aromatic N) is 3. The van der Waals surface area contributed by atoms with Gasteiger partial charge in [-0.15, -0.1) is 0 Å². The molecule has 0 fully saturated rings. The number of esters is 1. The minimum Gasteiger partial charge on any atom is -0.456 e. The van der Waals surface area contributed by atoms with E-state index in [1.165, 1.54) is 6.33 Å². The average Bonchev–Trinajstić information content (AvgIpc) is 2.77. The van der Waals surface area contributed by atoms with Crippen LogP contribution >= 0.6 is 0 Å². The summed E-state index contributed by atoms with van der Waals surface area (Å²) < 4.78 is 5.52. The first-order valence-electron chi connectivity index (χ1n) is 10.1. The van der Waals surface area contributed by atoms with Crippen LogP contribution < -0.4 is 5.32 Å². The number of nitrogens with one attached hydrogen (secondary N) is 1.